The fourth-order valence-electron chi connectivity index (χ4n) is 3.96. The van der Waals surface area contributed by atoms with Crippen molar-refractivity contribution in [3.8, 4) is 23.1 Å². The number of hydrogen-bond acceptors (Lipinski definition) is 8. The molecule has 0 radical (unpaired) electrons. The first-order valence-corrected chi connectivity index (χ1v) is 12.9. The number of hydrogen-bond donors (Lipinski definition) is 2. The monoisotopic (exact) mass is 547 g/mol. The number of aromatic nitrogens is 4. The summed E-state index contributed by atoms with van der Waals surface area (Å²) < 4.78 is 46.2. The lowest BCUT2D eigenvalue weighted by atomic mass is 10.1. The van der Waals surface area contributed by atoms with E-state index >= 15 is 0 Å². The van der Waals surface area contributed by atoms with E-state index in [2.05, 4.69) is 20.2 Å². The maximum Gasteiger partial charge on any atom is 0.236 e. The Bertz CT molecular complexity index is 1640. The predicted octanol–water partition coefficient (Wildman–Crippen LogP) is 3.91. The molecule has 1 aliphatic heterocycles. The van der Waals surface area contributed by atoms with Crippen molar-refractivity contribution in [1.29, 1.82) is 5.26 Å². The molecule has 10 nitrogen and oxygen atoms in total. The minimum absolute atomic E-state index is 0.00228. The van der Waals surface area contributed by atoms with E-state index in [0.717, 1.165) is 4.31 Å². The maximum atomic E-state index is 14.8. The van der Waals surface area contributed by atoms with Gasteiger partial charge < -0.3 is 4.74 Å². The lowest BCUT2D eigenvalue weighted by Gasteiger charge is -2.18. The minimum Gasteiger partial charge on any atom is -0.468 e. The van der Waals surface area contributed by atoms with E-state index in [4.69, 9.17) is 33.7 Å². The van der Waals surface area contributed by atoms with Gasteiger partial charge in [0.1, 0.15) is 11.8 Å². The Hall–Kier alpha value is -3.50. The van der Waals surface area contributed by atoms with E-state index in [1.807, 2.05) is 6.07 Å². The fraction of sp³-hybridized carbons (Fsp3) is 0.182. The SMILES string of the molecule is N#Cc1cc(-c2n[nH]c3cc(F)c(O[C@H](N)c4c(Cl)cncc4Cl)cc23)cnc1N1CCCS1(=O)=O. The van der Waals surface area contributed by atoms with Crippen molar-refractivity contribution in [2.75, 3.05) is 16.6 Å². The van der Waals surface area contributed by atoms with Crippen LogP contribution in [0.5, 0.6) is 5.75 Å². The molecule has 0 bridgehead atoms. The highest BCUT2D eigenvalue weighted by molar-refractivity contribution is 7.93. The van der Waals surface area contributed by atoms with Crippen molar-refractivity contribution in [1.82, 2.24) is 20.2 Å². The van der Waals surface area contributed by atoms with Gasteiger partial charge in [-0.1, -0.05) is 23.2 Å². The molecule has 1 aromatic carbocycles. The van der Waals surface area contributed by atoms with Gasteiger partial charge in [0.05, 0.1) is 26.9 Å². The lowest BCUT2D eigenvalue weighted by Crippen LogP contribution is -2.26. The van der Waals surface area contributed by atoms with E-state index in [9.17, 15) is 18.1 Å². The van der Waals surface area contributed by atoms with Crippen LogP contribution in [0.4, 0.5) is 10.2 Å². The second-order valence-electron chi connectivity index (χ2n) is 7.90. The van der Waals surface area contributed by atoms with Crippen LogP contribution in [0.3, 0.4) is 0 Å². The summed E-state index contributed by atoms with van der Waals surface area (Å²) in [6, 6.07) is 6.07. The van der Waals surface area contributed by atoms with Crippen LogP contribution < -0.4 is 14.8 Å². The van der Waals surface area contributed by atoms with E-state index in [1.54, 1.807) is 0 Å². The molecule has 5 rings (SSSR count). The van der Waals surface area contributed by atoms with Crippen LogP contribution in [-0.2, 0) is 10.0 Å². The Morgan fingerprint density at radius 1 is 1.22 bits per heavy atom. The molecule has 36 heavy (non-hydrogen) atoms. The van der Waals surface area contributed by atoms with Crippen molar-refractivity contribution in [3.63, 3.8) is 0 Å². The van der Waals surface area contributed by atoms with Crippen molar-refractivity contribution < 1.29 is 17.5 Å². The fourth-order valence-corrected chi connectivity index (χ4v) is 6.07. The van der Waals surface area contributed by atoms with Crippen LogP contribution in [0.15, 0.2) is 36.8 Å². The third-order valence-corrected chi connectivity index (χ3v) is 8.07. The van der Waals surface area contributed by atoms with Gasteiger partial charge in [-0.25, -0.2) is 17.8 Å². The number of H-pyrrole nitrogens is 1. The van der Waals surface area contributed by atoms with Crippen LogP contribution in [0, 0.1) is 17.1 Å². The number of pyridine rings is 2. The predicted molar refractivity (Wildman–Crippen MR) is 132 cm³/mol. The Labute approximate surface area is 214 Å². The largest absolute Gasteiger partial charge is 0.468 e. The number of nitrogens with zero attached hydrogens (tertiary/aromatic N) is 5. The number of nitrogens with one attached hydrogen (secondary N) is 1. The zero-order valence-electron chi connectivity index (χ0n) is 18.2. The second-order valence-corrected chi connectivity index (χ2v) is 10.7. The number of ether oxygens (including phenoxy) is 1. The third-order valence-electron chi connectivity index (χ3n) is 5.64. The van der Waals surface area contributed by atoms with Crippen LogP contribution in [0.2, 0.25) is 10.0 Å². The molecule has 14 heteroatoms. The summed E-state index contributed by atoms with van der Waals surface area (Å²) in [5.74, 6) is -0.835. The number of anilines is 1. The number of rotatable bonds is 5. The summed E-state index contributed by atoms with van der Waals surface area (Å²) in [6.07, 6.45) is 3.36. The summed E-state index contributed by atoms with van der Waals surface area (Å²) >= 11 is 12.3. The van der Waals surface area contributed by atoms with E-state index in [-0.39, 0.29) is 45.0 Å². The van der Waals surface area contributed by atoms with E-state index in [1.165, 1.54) is 36.8 Å². The summed E-state index contributed by atoms with van der Waals surface area (Å²) in [5, 5.41) is 17.4. The Balaban J connectivity index is 1.54. The molecular formula is C22H16Cl2FN7O3S. The van der Waals surface area contributed by atoms with E-state index in [0.29, 0.717) is 28.6 Å². The number of nitriles is 1. The highest BCUT2D eigenvalue weighted by Crippen LogP contribution is 2.36. The zero-order chi connectivity index (χ0) is 25.6. The Kier molecular flexibility index (Phi) is 6.17. The molecule has 4 aromatic rings. The zero-order valence-corrected chi connectivity index (χ0v) is 20.6. The van der Waals surface area contributed by atoms with Gasteiger partial charge in [0, 0.05) is 47.7 Å². The van der Waals surface area contributed by atoms with Crippen molar-refractivity contribution in [2.45, 2.75) is 12.6 Å². The molecule has 3 N–H and O–H groups in total. The normalized spacial score (nSPS) is 15.7. The smallest absolute Gasteiger partial charge is 0.236 e. The molecule has 1 aliphatic rings. The van der Waals surface area contributed by atoms with Gasteiger partial charge in [-0.15, -0.1) is 0 Å². The Morgan fingerprint density at radius 2 is 1.97 bits per heavy atom. The average Bonchev–Trinajstić information content (AvgIpc) is 3.40. The van der Waals surface area contributed by atoms with Crippen molar-refractivity contribution in [3.05, 3.63) is 63.8 Å². The van der Waals surface area contributed by atoms with Gasteiger partial charge in [-0.3, -0.25) is 20.1 Å². The van der Waals surface area contributed by atoms with E-state index < -0.39 is 22.1 Å². The first-order chi connectivity index (χ1) is 17.2. The molecule has 4 heterocycles. The first kappa shape index (κ1) is 24.2. The highest BCUT2D eigenvalue weighted by Gasteiger charge is 2.31. The summed E-state index contributed by atoms with van der Waals surface area (Å²) in [4.78, 5) is 8.10. The molecule has 0 saturated carbocycles. The number of halogens is 3. The van der Waals surface area contributed by atoms with Gasteiger partial charge in [0.15, 0.2) is 23.6 Å². The topological polar surface area (TPSA) is 151 Å². The number of sulfonamides is 1. The number of aromatic amines is 1. The molecule has 0 spiro atoms. The molecule has 1 atom stereocenters. The average molecular weight is 548 g/mol. The van der Waals surface area contributed by atoms with Gasteiger partial charge >= 0.3 is 0 Å². The van der Waals surface area contributed by atoms with Crippen LogP contribution in [0.1, 0.15) is 23.8 Å². The summed E-state index contributed by atoms with van der Waals surface area (Å²) in [5.41, 5.74) is 7.53. The highest BCUT2D eigenvalue weighted by atomic mass is 35.5. The van der Waals surface area contributed by atoms with Gasteiger partial charge in [0.25, 0.3) is 0 Å². The second kappa shape index (κ2) is 9.18. The van der Waals surface area contributed by atoms with Gasteiger partial charge in [-0.05, 0) is 18.6 Å². The van der Waals surface area contributed by atoms with Gasteiger partial charge in [-0.2, -0.15) is 10.4 Å². The molecule has 0 aliphatic carbocycles. The number of fused-ring (bicyclic) bond motifs is 1. The molecule has 1 fully saturated rings. The van der Waals surface area contributed by atoms with Crippen molar-refractivity contribution >= 4 is 49.9 Å². The number of nitrogens with two attached hydrogens (primary N) is 1. The molecule has 3 aromatic heterocycles. The molecule has 0 unspecified atom stereocenters. The van der Waals surface area contributed by atoms with Crippen molar-refractivity contribution in [2.24, 2.45) is 5.73 Å². The maximum absolute atomic E-state index is 14.8. The molecule has 184 valence electrons. The molecule has 0 amide bonds. The molecule has 1 saturated heterocycles. The standard InChI is InChI=1S/C22H16Cl2FN7O3S/c23-14-9-28-10-15(24)19(14)21(27)35-18-5-13-17(6-16(18)25)30-31-20(13)12-4-11(7-26)22(29-8-12)32-2-1-3-36(32,33)34/h4-6,8-10,21H,1-3,27H2,(H,30,31)/t21-/m0/s1. The lowest BCUT2D eigenvalue weighted by molar-refractivity contribution is 0.205. The quantitative estimate of drug-likeness (QED) is 0.356. The van der Waals surface area contributed by atoms with Gasteiger partial charge in [0.2, 0.25) is 10.0 Å². The van der Waals surface area contributed by atoms with Crippen LogP contribution >= 0.6 is 23.2 Å². The summed E-state index contributed by atoms with van der Waals surface area (Å²) in [7, 11) is -3.52. The Morgan fingerprint density at radius 3 is 2.64 bits per heavy atom. The van der Waals surface area contributed by atoms with Crippen LogP contribution in [-0.4, -0.2) is 40.9 Å². The van der Waals surface area contributed by atoms with Crippen LogP contribution in [0.25, 0.3) is 22.2 Å². The third kappa shape index (κ3) is 4.20. The number of benzene rings is 1. The first-order valence-electron chi connectivity index (χ1n) is 10.5. The molecular weight excluding hydrogens is 532 g/mol. The minimum atomic E-state index is -3.52. The summed E-state index contributed by atoms with van der Waals surface area (Å²) in [6.45, 7) is 0.250.